The van der Waals surface area contributed by atoms with Crippen LogP contribution in [0.3, 0.4) is 0 Å². The van der Waals surface area contributed by atoms with E-state index in [2.05, 4.69) is 49.6 Å². The van der Waals surface area contributed by atoms with Crippen LogP contribution >= 0.6 is 0 Å². The fraction of sp³-hybridized carbons (Fsp3) is 1.00. The van der Waals surface area contributed by atoms with Gasteiger partial charge in [-0.15, -0.1) is 0 Å². The molecule has 1 saturated heterocycles. The molecule has 0 unspecified atom stereocenters. The summed E-state index contributed by atoms with van der Waals surface area (Å²) in [4.78, 5) is 7.56. The second kappa shape index (κ2) is 6.72. The van der Waals surface area contributed by atoms with Crippen molar-refractivity contribution in [3.8, 4) is 0 Å². The average molecular weight is 241 g/mol. The van der Waals surface area contributed by atoms with E-state index in [1.165, 1.54) is 52.1 Å². The molecule has 17 heavy (non-hydrogen) atoms. The van der Waals surface area contributed by atoms with Gasteiger partial charge in [-0.1, -0.05) is 6.92 Å². The van der Waals surface area contributed by atoms with Crippen LogP contribution in [0.5, 0.6) is 0 Å². The molecular weight excluding hydrogens is 210 g/mol. The highest BCUT2D eigenvalue weighted by Crippen LogP contribution is 2.21. The second-order valence-corrected chi connectivity index (χ2v) is 6.23. The maximum Gasteiger partial charge on any atom is 0.0280 e. The summed E-state index contributed by atoms with van der Waals surface area (Å²) in [6.45, 7) is 14.5. The van der Waals surface area contributed by atoms with Crippen LogP contribution in [0.1, 0.15) is 33.6 Å². The second-order valence-electron chi connectivity index (χ2n) is 6.23. The molecular formula is C14H31N3. The zero-order valence-electron chi connectivity index (χ0n) is 12.5. The van der Waals surface area contributed by atoms with E-state index >= 15 is 0 Å². The van der Waals surface area contributed by atoms with E-state index in [4.69, 9.17) is 0 Å². The van der Waals surface area contributed by atoms with Crippen LogP contribution in [0, 0.1) is 0 Å². The summed E-state index contributed by atoms with van der Waals surface area (Å²) >= 11 is 0. The molecule has 1 aliphatic rings. The third kappa shape index (κ3) is 4.94. The first-order chi connectivity index (χ1) is 7.95. The van der Waals surface area contributed by atoms with Crippen molar-refractivity contribution in [2.24, 2.45) is 0 Å². The Morgan fingerprint density at radius 1 is 1.12 bits per heavy atom. The summed E-state index contributed by atoms with van der Waals surface area (Å²) in [6.07, 6.45) is 2.56. The number of piperazine rings is 1. The van der Waals surface area contributed by atoms with Crippen molar-refractivity contribution in [3.63, 3.8) is 0 Å². The van der Waals surface area contributed by atoms with Crippen LogP contribution in [0.4, 0.5) is 0 Å². The van der Waals surface area contributed by atoms with Crippen molar-refractivity contribution in [2.75, 3.05) is 53.4 Å². The Kier molecular flexibility index (Phi) is 5.90. The van der Waals surface area contributed by atoms with Gasteiger partial charge >= 0.3 is 0 Å². The molecule has 0 spiro atoms. The van der Waals surface area contributed by atoms with E-state index in [-0.39, 0.29) is 0 Å². The largest absolute Gasteiger partial charge is 0.309 e. The summed E-state index contributed by atoms with van der Waals surface area (Å²) < 4.78 is 0. The molecule has 1 heterocycles. The van der Waals surface area contributed by atoms with Crippen LogP contribution in [0.2, 0.25) is 0 Å². The number of hydrogen-bond donors (Lipinski definition) is 0. The van der Waals surface area contributed by atoms with Crippen molar-refractivity contribution in [1.82, 2.24) is 14.7 Å². The minimum Gasteiger partial charge on any atom is -0.309 e. The third-order valence-electron chi connectivity index (χ3n) is 3.73. The Labute approximate surface area is 108 Å². The highest BCUT2D eigenvalue weighted by molar-refractivity contribution is 4.89. The number of nitrogens with zero attached hydrogens (tertiary/aromatic N) is 3. The molecule has 1 rings (SSSR count). The Hall–Kier alpha value is -0.120. The summed E-state index contributed by atoms with van der Waals surface area (Å²) in [5, 5.41) is 0. The zero-order valence-corrected chi connectivity index (χ0v) is 12.5. The maximum atomic E-state index is 2.67. The summed E-state index contributed by atoms with van der Waals surface area (Å²) in [5.41, 5.74) is 0.347. The summed E-state index contributed by atoms with van der Waals surface area (Å²) in [7, 11) is 4.31. The Morgan fingerprint density at radius 3 is 2.35 bits per heavy atom. The van der Waals surface area contributed by atoms with Crippen LogP contribution < -0.4 is 0 Å². The number of rotatable bonds is 6. The van der Waals surface area contributed by atoms with E-state index in [0.29, 0.717) is 5.54 Å². The smallest absolute Gasteiger partial charge is 0.0280 e. The lowest BCUT2D eigenvalue weighted by Gasteiger charge is -2.47. The first-order valence-electron chi connectivity index (χ1n) is 7.08. The normalized spacial score (nSPS) is 22.2. The number of hydrogen-bond acceptors (Lipinski definition) is 3. The zero-order chi connectivity index (χ0) is 12.9. The molecule has 0 radical (unpaired) electrons. The minimum atomic E-state index is 0.347. The molecule has 0 amide bonds. The fourth-order valence-corrected chi connectivity index (χ4v) is 2.79. The van der Waals surface area contributed by atoms with Crippen molar-refractivity contribution in [3.05, 3.63) is 0 Å². The predicted molar refractivity (Wildman–Crippen MR) is 75.6 cm³/mol. The molecule has 0 saturated carbocycles. The van der Waals surface area contributed by atoms with Gasteiger partial charge < -0.3 is 9.80 Å². The molecule has 0 N–H and O–H groups in total. The van der Waals surface area contributed by atoms with E-state index < -0.39 is 0 Å². The van der Waals surface area contributed by atoms with E-state index in [1.807, 2.05) is 0 Å². The topological polar surface area (TPSA) is 9.72 Å². The van der Waals surface area contributed by atoms with E-state index in [0.717, 1.165) is 0 Å². The van der Waals surface area contributed by atoms with Crippen molar-refractivity contribution >= 4 is 0 Å². The van der Waals surface area contributed by atoms with Crippen molar-refractivity contribution in [2.45, 2.75) is 39.2 Å². The van der Waals surface area contributed by atoms with Gasteiger partial charge in [0.25, 0.3) is 0 Å². The van der Waals surface area contributed by atoms with Crippen molar-refractivity contribution < 1.29 is 0 Å². The van der Waals surface area contributed by atoms with Gasteiger partial charge in [0, 0.05) is 25.2 Å². The molecule has 0 bridgehead atoms. The van der Waals surface area contributed by atoms with Crippen molar-refractivity contribution in [1.29, 1.82) is 0 Å². The average Bonchev–Trinajstić information content (AvgIpc) is 2.20. The van der Waals surface area contributed by atoms with Crippen LogP contribution in [-0.4, -0.2) is 73.6 Å². The lowest BCUT2D eigenvalue weighted by molar-refractivity contribution is 0.0182. The Balaban J connectivity index is 2.36. The SMILES string of the molecule is CCCN1CCN(CCCN(C)C)C(C)(C)C1. The lowest BCUT2D eigenvalue weighted by Crippen LogP contribution is -2.59. The molecule has 3 nitrogen and oxygen atoms in total. The monoisotopic (exact) mass is 241 g/mol. The summed E-state index contributed by atoms with van der Waals surface area (Å²) in [6, 6.07) is 0. The molecule has 0 aromatic rings. The molecule has 3 heteroatoms. The van der Waals surface area contributed by atoms with Gasteiger partial charge in [0.1, 0.15) is 0 Å². The molecule has 1 fully saturated rings. The summed E-state index contributed by atoms with van der Waals surface area (Å²) in [5.74, 6) is 0. The van der Waals surface area contributed by atoms with Gasteiger partial charge in [0.15, 0.2) is 0 Å². The van der Waals surface area contributed by atoms with E-state index in [1.54, 1.807) is 0 Å². The Bertz CT molecular complexity index is 214. The van der Waals surface area contributed by atoms with Gasteiger partial charge in [0.2, 0.25) is 0 Å². The third-order valence-corrected chi connectivity index (χ3v) is 3.73. The standard InChI is InChI=1S/C14H31N3/c1-6-8-16-11-12-17(14(2,3)13-16)10-7-9-15(4)5/h6-13H2,1-5H3. The fourth-order valence-electron chi connectivity index (χ4n) is 2.79. The van der Waals surface area contributed by atoms with Gasteiger partial charge in [-0.25, -0.2) is 0 Å². The maximum absolute atomic E-state index is 2.67. The first-order valence-corrected chi connectivity index (χ1v) is 7.08. The highest BCUT2D eigenvalue weighted by Gasteiger charge is 2.32. The van der Waals surface area contributed by atoms with E-state index in [9.17, 15) is 0 Å². The minimum absolute atomic E-state index is 0.347. The molecule has 0 aromatic carbocycles. The van der Waals surface area contributed by atoms with Gasteiger partial charge in [-0.3, -0.25) is 4.90 Å². The molecule has 0 atom stereocenters. The molecule has 1 aliphatic heterocycles. The predicted octanol–water partition coefficient (Wildman–Crippen LogP) is 1.74. The molecule has 102 valence electrons. The van der Waals surface area contributed by atoms with Gasteiger partial charge in [-0.05, 0) is 60.4 Å². The van der Waals surface area contributed by atoms with Crippen LogP contribution in [-0.2, 0) is 0 Å². The quantitative estimate of drug-likeness (QED) is 0.701. The highest BCUT2D eigenvalue weighted by atomic mass is 15.3. The Morgan fingerprint density at radius 2 is 1.82 bits per heavy atom. The van der Waals surface area contributed by atoms with Gasteiger partial charge in [-0.2, -0.15) is 0 Å². The molecule has 0 aromatic heterocycles. The van der Waals surface area contributed by atoms with Crippen LogP contribution in [0.15, 0.2) is 0 Å². The van der Waals surface area contributed by atoms with Gasteiger partial charge in [0.05, 0.1) is 0 Å². The van der Waals surface area contributed by atoms with Crippen LogP contribution in [0.25, 0.3) is 0 Å². The first kappa shape index (κ1) is 14.9. The lowest BCUT2D eigenvalue weighted by atomic mass is 9.98. The molecule has 0 aliphatic carbocycles.